The van der Waals surface area contributed by atoms with Crippen molar-refractivity contribution in [3.63, 3.8) is 0 Å². The summed E-state index contributed by atoms with van der Waals surface area (Å²) in [5.74, 6) is 1.82. The molecule has 2 aromatic heterocycles. The Labute approximate surface area is 162 Å². The van der Waals surface area contributed by atoms with Crippen molar-refractivity contribution in [1.82, 2.24) is 20.1 Å². The maximum Gasteiger partial charge on any atom is 0.256 e. The molecule has 1 fully saturated rings. The summed E-state index contributed by atoms with van der Waals surface area (Å²) in [6.45, 7) is 2.17. The van der Waals surface area contributed by atoms with Crippen molar-refractivity contribution in [2.45, 2.75) is 25.5 Å². The first-order valence-corrected chi connectivity index (χ1v) is 8.97. The van der Waals surface area contributed by atoms with Gasteiger partial charge in [-0.15, -0.1) is 10.2 Å². The second-order valence-corrected chi connectivity index (χ2v) is 6.53. The molecule has 0 N–H and O–H groups in total. The average molecular weight is 380 g/mol. The highest BCUT2D eigenvalue weighted by molar-refractivity contribution is 5.94. The summed E-state index contributed by atoms with van der Waals surface area (Å²) in [5.41, 5.74) is 0.457. The number of hydrogen-bond donors (Lipinski definition) is 0. The zero-order chi connectivity index (χ0) is 19.5. The number of aromatic nitrogens is 3. The smallest absolute Gasteiger partial charge is 0.256 e. The number of likely N-dealkylation sites (tertiary alicyclic amines) is 1. The van der Waals surface area contributed by atoms with Crippen LogP contribution in [0.2, 0.25) is 0 Å². The lowest BCUT2D eigenvalue weighted by Gasteiger charge is -2.21. The minimum atomic E-state index is -0.320. The molecule has 0 unspecified atom stereocenters. The van der Waals surface area contributed by atoms with Gasteiger partial charge in [0, 0.05) is 39.3 Å². The molecule has 4 rings (SSSR count). The third-order valence-electron chi connectivity index (χ3n) is 4.63. The number of aryl methyl sites for hydroxylation is 1. The summed E-state index contributed by atoms with van der Waals surface area (Å²) in [6.07, 6.45) is 2.03. The number of methoxy groups -OCH3 is 1. The Balaban J connectivity index is 1.52. The molecule has 1 amide bonds. The molecular weight excluding hydrogens is 360 g/mol. The molecule has 3 aromatic rings. The van der Waals surface area contributed by atoms with Crippen molar-refractivity contribution in [2.24, 2.45) is 0 Å². The van der Waals surface area contributed by atoms with E-state index in [0.717, 1.165) is 0 Å². The number of carbonyl (C=O) groups is 1. The monoisotopic (exact) mass is 380 g/mol. The van der Waals surface area contributed by atoms with E-state index in [-0.39, 0.29) is 18.1 Å². The van der Waals surface area contributed by atoms with Crippen LogP contribution in [0.15, 0.2) is 53.1 Å². The first-order chi connectivity index (χ1) is 13.6. The van der Waals surface area contributed by atoms with Crippen LogP contribution in [0, 0.1) is 6.92 Å². The molecule has 8 nitrogen and oxygen atoms in total. The quantitative estimate of drug-likeness (QED) is 0.671. The molecule has 28 heavy (non-hydrogen) atoms. The second-order valence-electron chi connectivity index (χ2n) is 6.53. The topological polar surface area (TPSA) is 90.6 Å². The van der Waals surface area contributed by atoms with Gasteiger partial charge in [0.1, 0.15) is 11.8 Å². The maximum absolute atomic E-state index is 13.1. The molecule has 3 heterocycles. The normalized spacial score (nSPS) is 19.0. The third kappa shape index (κ3) is 3.72. The fourth-order valence-corrected chi connectivity index (χ4v) is 3.22. The Kier molecular flexibility index (Phi) is 5.03. The maximum atomic E-state index is 13.1. The highest BCUT2D eigenvalue weighted by Crippen LogP contribution is 2.34. The molecular formula is C20H20N4O4. The molecule has 1 aliphatic rings. The van der Waals surface area contributed by atoms with E-state index in [1.165, 1.54) is 6.20 Å². The minimum absolute atomic E-state index is 0.0881. The molecule has 1 saturated heterocycles. The van der Waals surface area contributed by atoms with E-state index < -0.39 is 0 Å². The van der Waals surface area contributed by atoms with Gasteiger partial charge < -0.3 is 18.8 Å². The van der Waals surface area contributed by atoms with Gasteiger partial charge in [0.2, 0.25) is 17.7 Å². The van der Waals surface area contributed by atoms with E-state index in [2.05, 4.69) is 15.2 Å². The summed E-state index contributed by atoms with van der Waals surface area (Å²) >= 11 is 0. The molecule has 0 bridgehead atoms. The largest absolute Gasteiger partial charge is 0.439 e. The van der Waals surface area contributed by atoms with Crippen LogP contribution in [0.3, 0.4) is 0 Å². The number of pyridine rings is 1. The average Bonchev–Trinajstić information content (AvgIpc) is 3.35. The SMILES string of the molecule is CO[C@@H]1C[C@H](c2nnc(C)o2)N(C(=O)c2ccc(Oc3ccccc3)nc2)C1. The van der Waals surface area contributed by atoms with E-state index in [1.54, 1.807) is 31.1 Å². The summed E-state index contributed by atoms with van der Waals surface area (Å²) in [5, 5.41) is 7.96. The van der Waals surface area contributed by atoms with Crippen LogP contribution in [0.1, 0.15) is 34.6 Å². The minimum Gasteiger partial charge on any atom is -0.439 e. The number of hydrogen-bond acceptors (Lipinski definition) is 7. The number of rotatable bonds is 5. The highest BCUT2D eigenvalue weighted by atomic mass is 16.5. The zero-order valence-corrected chi connectivity index (χ0v) is 15.6. The Hall–Kier alpha value is -3.26. The van der Waals surface area contributed by atoms with E-state index in [0.29, 0.717) is 41.9 Å². The highest BCUT2D eigenvalue weighted by Gasteiger charge is 2.39. The van der Waals surface area contributed by atoms with Crippen molar-refractivity contribution >= 4 is 5.91 Å². The first-order valence-electron chi connectivity index (χ1n) is 8.97. The number of nitrogens with zero attached hydrogens (tertiary/aromatic N) is 4. The van der Waals surface area contributed by atoms with E-state index in [1.807, 2.05) is 30.3 Å². The summed E-state index contributed by atoms with van der Waals surface area (Å²) in [6, 6.07) is 12.4. The zero-order valence-electron chi connectivity index (χ0n) is 15.6. The van der Waals surface area contributed by atoms with Gasteiger partial charge in [0.05, 0.1) is 11.7 Å². The van der Waals surface area contributed by atoms with Gasteiger partial charge in [-0.05, 0) is 18.2 Å². The molecule has 144 valence electrons. The first kappa shape index (κ1) is 18.1. The number of amides is 1. The van der Waals surface area contributed by atoms with Crippen molar-refractivity contribution in [3.8, 4) is 11.6 Å². The summed E-state index contributed by atoms with van der Waals surface area (Å²) in [7, 11) is 1.63. The summed E-state index contributed by atoms with van der Waals surface area (Å²) in [4.78, 5) is 19.0. The lowest BCUT2D eigenvalue weighted by Crippen LogP contribution is -2.32. The molecule has 1 aliphatic heterocycles. The van der Waals surface area contributed by atoms with Crippen molar-refractivity contribution in [3.05, 3.63) is 66.0 Å². The standard InChI is InChI=1S/C20H20N4O4/c1-13-22-23-19(27-13)17-10-16(26-2)12-24(17)20(25)14-8-9-18(21-11-14)28-15-6-4-3-5-7-15/h3-9,11,16-17H,10,12H2,1-2H3/t16-,17-/m1/s1. The fraction of sp³-hybridized carbons (Fsp3) is 0.300. The van der Waals surface area contributed by atoms with Gasteiger partial charge in [0.25, 0.3) is 5.91 Å². The molecule has 0 radical (unpaired) electrons. The van der Waals surface area contributed by atoms with E-state index in [4.69, 9.17) is 13.9 Å². The van der Waals surface area contributed by atoms with Crippen molar-refractivity contribution < 1.29 is 18.7 Å². The molecule has 0 aliphatic carbocycles. The molecule has 0 spiro atoms. The molecule has 2 atom stereocenters. The Morgan fingerprint density at radius 3 is 2.64 bits per heavy atom. The van der Waals surface area contributed by atoms with Gasteiger partial charge in [-0.2, -0.15) is 0 Å². The Morgan fingerprint density at radius 1 is 1.18 bits per heavy atom. The van der Waals surface area contributed by atoms with E-state index in [9.17, 15) is 4.79 Å². The second kappa shape index (κ2) is 7.77. The molecule has 8 heteroatoms. The lowest BCUT2D eigenvalue weighted by atomic mass is 10.2. The fourth-order valence-electron chi connectivity index (χ4n) is 3.22. The number of ether oxygens (including phenoxy) is 2. The number of benzene rings is 1. The van der Waals surface area contributed by atoms with Crippen LogP contribution >= 0.6 is 0 Å². The van der Waals surface area contributed by atoms with Crippen molar-refractivity contribution in [2.75, 3.05) is 13.7 Å². The van der Waals surface area contributed by atoms with Gasteiger partial charge >= 0.3 is 0 Å². The van der Waals surface area contributed by atoms with Crippen LogP contribution in [0.4, 0.5) is 0 Å². The van der Waals surface area contributed by atoms with Crippen LogP contribution in [0.25, 0.3) is 0 Å². The Bertz CT molecular complexity index is 942. The number of carbonyl (C=O) groups excluding carboxylic acids is 1. The van der Waals surface area contributed by atoms with Crippen molar-refractivity contribution in [1.29, 1.82) is 0 Å². The lowest BCUT2D eigenvalue weighted by molar-refractivity contribution is 0.0673. The summed E-state index contributed by atoms with van der Waals surface area (Å²) < 4.78 is 16.7. The van der Waals surface area contributed by atoms with Crippen LogP contribution < -0.4 is 4.74 Å². The third-order valence-corrected chi connectivity index (χ3v) is 4.63. The van der Waals surface area contributed by atoms with Gasteiger partial charge in [-0.1, -0.05) is 18.2 Å². The Morgan fingerprint density at radius 2 is 2.00 bits per heavy atom. The van der Waals surface area contributed by atoms with E-state index >= 15 is 0 Å². The van der Waals surface area contributed by atoms with Crippen LogP contribution in [-0.2, 0) is 4.74 Å². The molecule has 0 saturated carbocycles. The predicted molar refractivity (Wildman–Crippen MR) is 99.0 cm³/mol. The van der Waals surface area contributed by atoms with Gasteiger partial charge in [0.15, 0.2) is 0 Å². The van der Waals surface area contributed by atoms with Crippen LogP contribution in [-0.4, -0.2) is 45.7 Å². The van der Waals surface area contributed by atoms with Crippen LogP contribution in [0.5, 0.6) is 11.6 Å². The molecule has 1 aromatic carbocycles. The van der Waals surface area contributed by atoms with Gasteiger partial charge in [-0.25, -0.2) is 4.98 Å². The van der Waals surface area contributed by atoms with Gasteiger partial charge in [-0.3, -0.25) is 4.79 Å². The number of para-hydroxylation sites is 1. The predicted octanol–water partition coefficient (Wildman–Crippen LogP) is 3.17.